The van der Waals surface area contributed by atoms with Crippen LogP contribution in [0, 0.1) is 11.3 Å². The van der Waals surface area contributed by atoms with Gasteiger partial charge in [-0.3, -0.25) is 9.48 Å². The highest BCUT2D eigenvalue weighted by Gasteiger charge is 2.56. The Morgan fingerprint density at radius 3 is 2.87 bits per heavy atom. The van der Waals surface area contributed by atoms with Gasteiger partial charge in [-0.25, -0.2) is 4.98 Å². The number of hydrogen-bond donors (Lipinski definition) is 1. The average molecular weight is 419 g/mol. The van der Waals surface area contributed by atoms with Crippen LogP contribution in [0.5, 0.6) is 5.88 Å². The highest BCUT2D eigenvalue weighted by molar-refractivity contribution is 6.05. The van der Waals surface area contributed by atoms with Crippen molar-refractivity contribution in [2.24, 2.45) is 11.3 Å². The first kappa shape index (κ1) is 18.5. The number of nitrogens with zero attached hydrogens (tertiary/aromatic N) is 6. The first-order valence-corrected chi connectivity index (χ1v) is 10.9. The molecule has 160 valence electrons. The number of ether oxygens (including phenoxy) is 1. The smallest absolute Gasteiger partial charge is 0.263 e. The fraction of sp³-hybridized carbons (Fsp3) is 0.500. The molecule has 2 bridgehead atoms. The Kier molecular flexibility index (Phi) is 3.97. The van der Waals surface area contributed by atoms with Gasteiger partial charge in [-0.05, 0) is 56.1 Å². The molecule has 4 aliphatic rings. The second-order valence-electron chi connectivity index (χ2n) is 9.29. The summed E-state index contributed by atoms with van der Waals surface area (Å²) < 4.78 is 9.36. The SMILES string of the molecule is COc1nn(CC23CC(C2)C3)cc1C(=O)Nc1cccc(-c2nnc3n2[C@@H](C)CC3)n1. The van der Waals surface area contributed by atoms with E-state index in [0.29, 0.717) is 34.4 Å². The number of fused-ring (bicyclic) bond motifs is 1. The van der Waals surface area contributed by atoms with E-state index in [4.69, 9.17) is 4.74 Å². The normalized spacial score (nSPS) is 25.5. The third-order valence-corrected chi connectivity index (χ3v) is 7.04. The number of carbonyl (C=O) groups excluding carboxylic acids is 1. The average Bonchev–Trinajstić information content (AvgIpc) is 3.40. The summed E-state index contributed by atoms with van der Waals surface area (Å²) in [6.45, 7) is 3.00. The third kappa shape index (κ3) is 2.94. The van der Waals surface area contributed by atoms with Gasteiger partial charge in [-0.1, -0.05) is 6.07 Å². The van der Waals surface area contributed by atoms with Gasteiger partial charge in [0.15, 0.2) is 5.82 Å². The van der Waals surface area contributed by atoms with Crippen LogP contribution < -0.4 is 10.1 Å². The van der Waals surface area contributed by atoms with Crippen LogP contribution in [0.2, 0.25) is 0 Å². The van der Waals surface area contributed by atoms with E-state index in [-0.39, 0.29) is 5.91 Å². The van der Waals surface area contributed by atoms with Crippen LogP contribution in [0.15, 0.2) is 24.4 Å². The van der Waals surface area contributed by atoms with Crippen molar-refractivity contribution in [2.45, 2.75) is 51.6 Å². The van der Waals surface area contributed by atoms with E-state index >= 15 is 0 Å². The molecule has 3 fully saturated rings. The summed E-state index contributed by atoms with van der Waals surface area (Å²) in [6.07, 6.45) is 7.59. The van der Waals surface area contributed by atoms with Crippen molar-refractivity contribution in [1.82, 2.24) is 29.5 Å². The maximum Gasteiger partial charge on any atom is 0.263 e. The summed E-state index contributed by atoms with van der Waals surface area (Å²) in [5.41, 5.74) is 1.50. The molecule has 7 rings (SSSR count). The molecule has 4 heterocycles. The molecule has 3 aromatic heterocycles. The van der Waals surface area contributed by atoms with Gasteiger partial charge in [0.25, 0.3) is 5.91 Å². The van der Waals surface area contributed by atoms with Crippen LogP contribution in [0.4, 0.5) is 5.82 Å². The van der Waals surface area contributed by atoms with Crippen LogP contribution in [-0.2, 0) is 13.0 Å². The second-order valence-corrected chi connectivity index (χ2v) is 9.29. The number of nitrogens with one attached hydrogen (secondary N) is 1. The first-order valence-electron chi connectivity index (χ1n) is 10.9. The molecule has 1 atom stereocenters. The summed E-state index contributed by atoms with van der Waals surface area (Å²) in [5, 5.41) is 16.0. The van der Waals surface area contributed by atoms with E-state index in [1.807, 2.05) is 16.8 Å². The minimum absolute atomic E-state index is 0.287. The number of amides is 1. The molecule has 3 aliphatic carbocycles. The number of pyridine rings is 1. The summed E-state index contributed by atoms with van der Waals surface area (Å²) in [5.74, 6) is 3.14. The molecule has 31 heavy (non-hydrogen) atoms. The van der Waals surface area contributed by atoms with Gasteiger partial charge in [0.1, 0.15) is 22.9 Å². The molecule has 3 saturated carbocycles. The maximum absolute atomic E-state index is 13.0. The molecule has 0 spiro atoms. The lowest BCUT2D eigenvalue weighted by Gasteiger charge is -2.61. The van der Waals surface area contributed by atoms with E-state index in [9.17, 15) is 4.79 Å². The van der Waals surface area contributed by atoms with Crippen molar-refractivity contribution in [3.8, 4) is 17.4 Å². The van der Waals surface area contributed by atoms with E-state index in [2.05, 4.69) is 37.1 Å². The summed E-state index contributed by atoms with van der Waals surface area (Å²) in [4.78, 5) is 17.6. The van der Waals surface area contributed by atoms with Gasteiger partial charge < -0.3 is 14.6 Å². The van der Waals surface area contributed by atoms with Crippen LogP contribution in [-0.4, -0.2) is 42.5 Å². The van der Waals surface area contributed by atoms with E-state index in [0.717, 1.165) is 37.0 Å². The van der Waals surface area contributed by atoms with Crippen LogP contribution in [0.1, 0.15) is 54.8 Å². The predicted molar refractivity (Wildman–Crippen MR) is 113 cm³/mol. The monoisotopic (exact) mass is 419 g/mol. The lowest BCUT2D eigenvalue weighted by atomic mass is 9.44. The second kappa shape index (κ2) is 6.63. The Morgan fingerprint density at radius 2 is 2.13 bits per heavy atom. The van der Waals surface area contributed by atoms with Gasteiger partial charge in [-0.15, -0.1) is 15.3 Å². The molecule has 1 amide bonds. The fourth-order valence-electron chi connectivity index (χ4n) is 5.40. The summed E-state index contributed by atoms with van der Waals surface area (Å²) >= 11 is 0. The van der Waals surface area contributed by atoms with Gasteiger partial charge in [-0.2, -0.15) is 0 Å². The van der Waals surface area contributed by atoms with Gasteiger partial charge >= 0.3 is 0 Å². The number of rotatable bonds is 6. The Balaban J connectivity index is 1.23. The Morgan fingerprint density at radius 1 is 1.29 bits per heavy atom. The zero-order valence-corrected chi connectivity index (χ0v) is 17.7. The van der Waals surface area contributed by atoms with Crippen molar-refractivity contribution < 1.29 is 9.53 Å². The van der Waals surface area contributed by atoms with Crippen molar-refractivity contribution >= 4 is 11.7 Å². The molecule has 9 heteroatoms. The first-order chi connectivity index (χ1) is 15.0. The molecule has 0 radical (unpaired) electrons. The number of anilines is 1. The van der Waals surface area contributed by atoms with Crippen LogP contribution in [0.3, 0.4) is 0 Å². The van der Waals surface area contributed by atoms with Crippen LogP contribution >= 0.6 is 0 Å². The van der Waals surface area contributed by atoms with Crippen molar-refractivity contribution in [1.29, 1.82) is 0 Å². The number of carbonyl (C=O) groups is 1. The minimum Gasteiger partial charge on any atom is -0.479 e. The maximum atomic E-state index is 13.0. The molecule has 0 saturated heterocycles. The largest absolute Gasteiger partial charge is 0.479 e. The molecular formula is C22H25N7O2. The minimum atomic E-state index is -0.287. The highest BCUT2D eigenvalue weighted by atomic mass is 16.5. The Labute approximate surface area is 179 Å². The van der Waals surface area contributed by atoms with E-state index in [1.165, 1.54) is 26.4 Å². The summed E-state index contributed by atoms with van der Waals surface area (Å²) in [6, 6.07) is 5.87. The van der Waals surface area contributed by atoms with Crippen molar-refractivity contribution in [3.63, 3.8) is 0 Å². The van der Waals surface area contributed by atoms with Gasteiger partial charge in [0.2, 0.25) is 5.88 Å². The Hall–Kier alpha value is -3.23. The lowest BCUT2D eigenvalue weighted by molar-refractivity contribution is -0.120. The summed E-state index contributed by atoms with van der Waals surface area (Å²) in [7, 11) is 1.54. The van der Waals surface area contributed by atoms with Crippen molar-refractivity contribution in [3.05, 3.63) is 35.8 Å². The van der Waals surface area contributed by atoms with Crippen LogP contribution in [0.25, 0.3) is 11.5 Å². The lowest BCUT2D eigenvalue weighted by Crippen LogP contribution is -2.54. The number of methoxy groups -OCH3 is 1. The standard InChI is InChI=1S/C22H25N7O2/c1-13-6-7-18-25-26-19(29(13)18)16-4-3-5-17(23-16)24-20(30)15-11-28(27-21(15)31-2)12-22-8-14(9-22)10-22/h3-5,11,13-14H,6-10,12H2,1-2H3,(H,23,24,30)/t13-,14?,22?/m0/s1. The van der Waals surface area contributed by atoms with E-state index in [1.54, 1.807) is 12.3 Å². The zero-order valence-electron chi connectivity index (χ0n) is 17.7. The van der Waals surface area contributed by atoms with E-state index < -0.39 is 0 Å². The Bertz CT molecular complexity index is 1160. The fourth-order valence-corrected chi connectivity index (χ4v) is 5.40. The molecule has 0 unspecified atom stereocenters. The molecule has 1 aliphatic heterocycles. The topological polar surface area (TPSA) is 99.8 Å². The van der Waals surface area contributed by atoms with Crippen molar-refractivity contribution in [2.75, 3.05) is 12.4 Å². The predicted octanol–water partition coefficient (Wildman–Crippen LogP) is 3.10. The van der Waals surface area contributed by atoms with Gasteiger partial charge in [0, 0.05) is 25.2 Å². The molecular weight excluding hydrogens is 394 g/mol. The number of hydrogen-bond acceptors (Lipinski definition) is 6. The molecule has 0 aromatic carbocycles. The molecule has 1 N–H and O–H groups in total. The highest BCUT2D eigenvalue weighted by Crippen LogP contribution is 2.65. The zero-order chi connectivity index (χ0) is 21.2. The quantitative estimate of drug-likeness (QED) is 0.659. The van der Waals surface area contributed by atoms with Gasteiger partial charge in [0.05, 0.1) is 7.11 Å². The number of aryl methyl sites for hydroxylation is 1. The molecule has 3 aromatic rings. The number of aromatic nitrogens is 6. The molecule has 9 nitrogen and oxygen atoms in total. The third-order valence-electron chi connectivity index (χ3n) is 7.04.